The molecule has 3 atom stereocenters. The molecule has 18 heavy (non-hydrogen) atoms. The van der Waals surface area contributed by atoms with Crippen LogP contribution >= 0.6 is 0 Å². The monoisotopic (exact) mass is 255 g/mol. The minimum Gasteiger partial charge on any atom is -0.392 e. The van der Waals surface area contributed by atoms with Crippen molar-refractivity contribution >= 4 is 0 Å². The molecule has 0 bridgehead atoms. The second-order valence-electron chi connectivity index (χ2n) is 6.78. The zero-order valence-electron chi connectivity index (χ0n) is 12.1. The molecule has 106 valence electrons. The molecule has 0 radical (unpaired) electrons. The van der Waals surface area contributed by atoms with Crippen molar-refractivity contribution < 1.29 is 9.84 Å². The molecule has 0 aromatic heterocycles. The average molecular weight is 255 g/mol. The van der Waals surface area contributed by atoms with Gasteiger partial charge in [0.2, 0.25) is 0 Å². The molecule has 0 saturated heterocycles. The van der Waals surface area contributed by atoms with E-state index < -0.39 is 0 Å². The number of rotatable bonds is 6. The molecule has 0 aromatic carbocycles. The molecule has 2 fully saturated rings. The van der Waals surface area contributed by atoms with Gasteiger partial charge in [0, 0.05) is 25.1 Å². The van der Waals surface area contributed by atoms with Gasteiger partial charge < -0.3 is 15.2 Å². The van der Waals surface area contributed by atoms with Gasteiger partial charge in [-0.05, 0) is 18.8 Å². The fraction of sp³-hybridized carbons (Fsp3) is 1.00. The van der Waals surface area contributed by atoms with Gasteiger partial charge in [0.25, 0.3) is 0 Å². The van der Waals surface area contributed by atoms with Crippen molar-refractivity contribution in [2.75, 3.05) is 13.7 Å². The summed E-state index contributed by atoms with van der Waals surface area (Å²) in [6, 6.07) is 0.487. The van der Waals surface area contributed by atoms with Gasteiger partial charge in [0.05, 0.1) is 12.2 Å². The molecular weight excluding hydrogens is 226 g/mol. The van der Waals surface area contributed by atoms with Crippen molar-refractivity contribution in [3.05, 3.63) is 0 Å². The first-order valence-corrected chi connectivity index (χ1v) is 7.48. The van der Waals surface area contributed by atoms with E-state index in [9.17, 15) is 5.11 Å². The lowest BCUT2D eigenvalue weighted by Gasteiger charge is -2.51. The maximum Gasteiger partial charge on any atom is 0.0667 e. The number of aliphatic hydroxyl groups is 1. The first-order valence-electron chi connectivity index (χ1n) is 7.48. The minimum atomic E-state index is -0.175. The van der Waals surface area contributed by atoms with Gasteiger partial charge in [0.1, 0.15) is 0 Å². The van der Waals surface area contributed by atoms with E-state index in [0.29, 0.717) is 12.1 Å². The van der Waals surface area contributed by atoms with Crippen molar-refractivity contribution in [2.45, 2.75) is 70.6 Å². The number of hydrogen-bond acceptors (Lipinski definition) is 3. The summed E-state index contributed by atoms with van der Waals surface area (Å²) < 4.78 is 5.44. The fourth-order valence-corrected chi connectivity index (χ4v) is 3.62. The third kappa shape index (κ3) is 3.06. The smallest absolute Gasteiger partial charge is 0.0667 e. The highest BCUT2D eigenvalue weighted by Gasteiger charge is 2.48. The van der Waals surface area contributed by atoms with Crippen LogP contribution in [0.4, 0.5) is 0 Å². The van der Waals surface area contributed by atoms with Crippen LogP contribution in [-0.2, 0) is 4.74 Å². The molecule has 0 aromatic rings. The molecular formula is C15H29NO2. The number of ether oxygens (including phenoxy) is 1. The van der Waals surface area contributed by atoms with E-state index in [4.69, 9.17) is 4.74 Å². The highest BCUT2D eigenvalue weighted by molar-refractivity contribution is 5.02. The second-order valence-corrected chi connectivity index (χ2v) is 6.78. The van der Waals surface area contributed by atoms with Crippen LogP contribution in [-0.4, -0.2) is 37.0 Å². The third-order valence-corrected chi connectivity index (χ3v) is 5.14. The molecule has 3 heteroatoms. The first-order chi connectivity index (χ1) is 8.54. The van der Waals surface area contributed by atoms with Crippen molar-refractivity contribution in [3.8, 4) is 0 Å². The van der Waals surface area contributed by atoms with Crippen molar-refractivity contribution in [2.24, 2.45) is 11.3 Å². The summed E-state index contributed by atoms with van der Waals surface area (Å²) in [6.07, 6.45) is 7.59. The van der Waals surface area contributed by atoms with Gasteiger partial charge in [-0.3, -0.25) is 0 Å². The predicted octanol–water partition coefficient (Wildman–Crippen LogP) is 2.33. The standard InChI is InChI=1S/C15H29NO2/c1-15(2)13(9-14(15)18-3)16-10-12(17)8-11-6-4-5-7-11/h11-14,16-17H,4-10H2,1-3H3. The molecule has 0 amide bonds. The topological polar surface area (TPSA) is 41.5 Å². The number of methoxy groups -OCH3 is 1. The van der Waals surface area contributed by atoms with E-state index in [1.165, 1.54) is 25.7 Å². The van der Waals surface area contributed by atoms with Gasteiger partial charge in [-0.15, -0.1) is 0 Å². The average Bonchev–Trinajstić information content (AvgIpc) is 2.80. The van der Waals surface area contributed by atoms with E-state index in [1.807, 2.05) is 0 Å². The summed E-state index contributed by atoms with van der Waals surface area (Å²) in [4.78, 5) is 0. The van der Waals surface area contributed by atoms with E-state index in [2.05, 4.69) is 19.2 Å². The Hall–Kier alpha value is -0.120. The lowest BCUT2D eigenvalue weighted by Crippen LogP contribution is -2.61. The van der Waals surface area contributed by atoms with Gasteiger partial charge >= 0.3 is 0 Å². The lowest BCUT2D eigenvalue weighted by atomic mass is 9.64. The molecule has 2 N–H and O–H groups in total. The maximum atomic E-state index is 10.1. The van der Waals surface area contributed by atoms with Crippen LogP contribution in [0, 0.1) is 11.3 Å². The highest BCUT2D eigenvalue weighted by Crippen LogP contribution is 2.42. The van der Waals surface area contributed by atoms with Crippen LogP contribution in [0.25, 0.3) is 0 Å². The van der Waals surface area contributed by atoms with E-state index >= 15 is 0 Å². The number of hydrogen-bond donors (Lipinski definition) is 2. The summed E-state index contributed by atoms with van der Waals surface area (Å²) in [7, 11) is 1.79. The van der Waals surface area contributed by atoms with Crippen LogP contribution in [0.3, 0.4) is 0 Å². The molecule has 3 unspecified atom stereocenters. The van der Waals surface area contributed by atoms with Crippen molar-refractivity contribution in [1.82, 2.24) is 5.32 Å². The molecule has 3 nitrogen and oxygen atoms in total. The van der Waals surface area contributed by atoms with E-state index in [-0.39, 0.29) is 11.5 Å². The molecule has 2 aliphatic rings. The molecule has 0 aliphatic heterocycles. The highest BCUT2D eigenvalue weighted by atomic mass is 16.5. The van der Waals surface area contributed by atoms with Crippen LogP contribution in [0.2, 0.25) is 0 Å². The van der Waals surface area contributed by atoms with Crippen molar-refractivity contribution in [1.29, 1.82) is 0 Å². The predicted molar refractivity (Wildman–Crippen MR) is 73.6 cm³/mol. The largest absolute Gasteiger partial charge is 0.392 e. The zero-order chi connectivity index (χ0) is 13.2. The van der Waals surface area contributed by atoms with Crippen LogP contribution in [0.5, 0.6) is 0 Å². The zero-order valence-corrected chi connectivity index (χ0v) is 12.1. The number of nitrogens with one attached hydrogen (secondary N) is 1. The molecule has 2 saturated carbocycles. The van der Waals surface area contributed by atoms with Crippen LogP contribution in [0.1, 0.15) is 52.4 Å². The Balaban J connectivity index is 1.65. The van der Waals surface area contributed by atoms with Gasteiger partial charge in [-0.2, -0.15) is 0 Å². The van der Waals surface area contributed by atoms with E-state index in [1.54, 1.807) is 7.11 Å². The quantitative estimate of drug-likeness (QED) is 0.765. The SMILES string of the molecule is COC1CC(NCC(O)CC2CCCC2)C1(C)C. The Morgan fingerprint density at radius 2 is 2.00 bits per heavy atom. The number of aliphatic hydroxyl groups excluding tert-OH is 1. The van der Waals surface area contributed by atoms with Crippen LogP contribution < -0.4 is 5.32 Å². The summed E-state index contributed by atoms with van der Waals surface area (Å²) >= 11 is 0. The Kier molecular flexibility index (Phi) is 4.68. The van der Waals surface area contributed by atoms with Crippen LogP contribution in [0.15, 0.2) is 0 Å². The maximum absolute atomic E-state index is 10.1. The van der Waals surface area contributed by atoms with Gasteiger partial charge in [-0.1, -0.05) is 39.5 Å². The Bertz CT molecular complexity index is 261. The lowest BCUT2D eigenvalue weighted by molar-refractivity contribution is -0.0993. The molecule has 2 rings (SSSR count). The first kappa shape index (κ1) is 14.3. The van der Waals surface area contributed by atoms with Gasteiger partial charge in [-0.25, -0.2) is 0 Å². The summed E-state index contributed by atoms with van der Waals surface area (Å²) in [5.41, 5.74) is 0.196. The van der Waals surface area contributed by atoms with Gasteiger partial charge in [0.15, 0.2) is 0 Å². The molecule has 0 spiro atoms. The Labute approximate surface area is 111 Å². The summed E-state index contributed by atoms with van der Waals surface area (Å²) in [5.74, 6) is 0.767. The van der Waals surface area contributed by atoms with E-state index in [0.717, 1.165) is 25.3 Å². The molecule has 2 aliphatic carbocycles. The molecule has 0 heterocycles. The van der Waals surface area contributed by atoms with Crippen molar-refractivity contribution in [3.63, 3.8) is 0 Å². The Morgan fingerprint density at radius 1 is 1.33 bits per heavy atom. The third-order valence-electron chi connectivity index (χ3n) is 5.14. The minimum absolute atomic E-state index is 0.175. The Morgan fingerprint density at radius 3 is 2.56 bits per heavy atom. The summed E-state index contributed by atoms with van der Waals surface area (Å²) in [6.45, 7) is 5.22. The second kappa shape index (κ2) is 5.89. The summed E-state index contributed by atoms with van der Waals surface area (Å²) in [5, 5.41) is 13.6. The normalized spacial score (nSPS) is 33.3. The fourth-order valence-electron chi connectivity index (χ4n) is 3.62.